The van der Waals surface area contributed by atoms with Crippen LogP contribution in [-0.2, 0) is 4.79 Å². The number of rotatable bonds is 6. The van der Waals surface area contributed by atoms with Gasteiger partial charge in [0.2, 0.25) is 5.91 Å². The summed E-state index contributed by atoms with van der Waals surface area (Å²) in [6.45, 7) is 8.28. The summed E-state index contributed by atoms with van der Waals surface area (Å²) in [6.07, 6.45) is 1.49. The highest BCUT2D eigenvalue weighted by Crippen LogP contribution is 2.16. The molecule has 3 unspecified atom stereocenters. The third kappa shape index (κ3) is 3.96. The van der Waals surface area contributed by atoms with E-state index in [1.165, 1.54) is 0 Å². The van der Waals surface area contributed by atoms with Gasteiger partial charge in [-0.05, 0) is 18.4 Å². The van der Waals surface area contributed by atoms with Gasteiger partial charge < -0.3 is 15.7 Å². The van der Waals surface area contributed by atoms with Gasteiger partial charge in [-0.3, -0.25) is 4.79 Å². The molecule has 0 aromatic carbocycles. The van der Waals surface area contributed by atoms with Crippen molar-refractivity contribution in [2.75, 3.05) is 19.6 Å². The summed E-state index contributed by atoms with van der Waals surface area (Å²) < 4.78 is 0. The lowest BCUT2D eigenvalue weighted by atomic mass is 9.95. The summed E-state index contributed by atoms with van der Waals surface area (Å²) in [5.41, 5.74) is 0. The number of nitrogens with one attached hydrogen (secondary N) is 2. The summed E-state index contributed by atoms with van der Waals surface area (Å²) in [5, 5.41) is 16.0. The Hall–Kier alpha value is -0.610. The van der Waals surface area contributed by atoms with Crippen LogP contribution in [0.5, 0.6) is 0 Å². The predicted molar refractivity (Wildman–Crippen MR) is 68.6 cm³/mol. The van der Waals surface area contributed by atoms with Crippen molar-refractivity contribution in [1.29, 1.82) is 0 Å². The van der Waals surface area contributed by atoms with Crippen molar-refractivity contribution in [3.8, 4) is 0 Å². The number of aliphatic hydroxyl groups excluding tert-OH is 1. The molecule has 1 heterocycles. The van der Waals surface area contributed by atoms with Gasteiger partial charge in [0.25, 0.3) is 0 Å². The molecule has 100 valence electrons. The molecule has 0 bridgehead atoms. The van der Waals surface area contributed by atoms with Crippen LogP contribution in [0.15, 0.2) is 0 Å². The molecule has 17 heavy (non-hydrogen) atoms. The molecule has 3 N–H and O–H groups in total. The number of amides is 1. The van der Waals surface area contributed by atoms with Crippen molar-refractivity contribution in [3.63, 3.8) is 0 Å². The maximum atomic E-state index is 11.9. The highest BCUT2D eigenvalue weighted by atomic mass is 16.3. The number of carbonyl (C=O) groups is 1. The van der Waals surface area contributed by atoms with Crippen molar-refractivity contribution in [1.82, 2.24) is 10.6 Å². The van der Waals surface area contributed by atoms with E-state index in [9.17, 15) is 9.90 Å². The Bertz CT molecular complexity index is 242. The van der Waals surface area contributed by atoms with Gasteiger partial charge in [-0.15, -0.1) is 0 Å². The Balaban J connectivity index is 2.32. The number of carbonyl (C=O) groups excluding carboxylic acids is 1. The molecule has 0 saturated carbocycles. The lowest BCUT2D eigenvalue weighted by molar-refractivity contribution is -0.126. The summed E-state index contributed by atoms with van der Waals surface area (Å²) in [6, 6.07) is 0. The van der Waals surface area contributed by atoms with E-state index < -0.39 is 6.10 Å². The molecule has 0 aromatic rings. The van der Waals surface area contributed by atoms with E-state index in [4.69, 9.17) is 0 Å². The molecule has 1 aliphatic heterocycles. The van der Waals surface area contributed by atoms with E-state index >= 15 is 0 Å². The third-order valence-electron chi connectivity index (χ3n) is 3.93. The fourth-order valence-electron chi connectivity index (χ4n) is 2.50. The Morgan fingerprint density at radius 2 is 2.06 bits per heavy atom. The highest BCUT2D eigenvalue weighted by molar-refractivity contribution is 5.79. The van der Waals surface area contributed by atoms with Crippen molar-refractivity contribution < 1.29 is 9.90 Å². The average molecular weight is 242 g/mol. The molecule has 4 heteroatoms. The molecule has 3 atom stereocenters. The summed E-state index contributed by atoms with van der Waals surface area (Å²) >= 11 is 0. The minimum atomic E-state index is -0.418. The van der Waals surface area contributed by atoms with E-state index in [0.717, 1.165) is 25.9 Å². The van der Waals surface area contributed by atoms with E-state index in [1.807, 2.05) is 0 Å². The van der Waals surface area contributed by atoms with E-state index in [-0.39, 0.29) is 17.7 Å². The van der Waals surface area contributed by atoms with Gasteiger partial charge in [0.15, 0.2) is 0 Å². The molecule has 1 rings (SSSR count). The average Bonchev–Trinajstić information content (AvgIpc) is 2.74. The van der Waals surface area contributed by atoms with E-state index in [1.54, 1.807) is 0 Å². The van der Waals surface area contributed by atoms with Crippen LogP contribution in [-0.4, -0.2) is 36.8 Å². The number of hydrogen-bond donors (Lipinski definition) is 3. The smallest absolute Gasteiger partial charge is 0.224 e. The van der Waals surface area contributed by atoms with Crippen LogP contribution >= 0.6 is 0 Å². The lowest BCUT2D eigenvalue weighted by Crippen LogP contribution is -2.40. The molecular weight excluding hydrogens is 216 g/mol. The molecule has 1 aliphatic rings. The maximum Gasteiger partial charge on any atom is 0.224 e. The quantitative estimate of drug-likeness (QED) is 0.644. The minimum absolute atomic E-state index is 0.0592. The lowest BCUT2D eigenvalue weighted by Gasteiger charge is -2.22. The molecule has 1 amide bonds. The van der Waals surface area contributed by atoms with Gasteiger partial charge in [-0.25, -0.2) is 0 Å². The molecule has 4 nitrogen and oxygen atoms in total. The largest absolute Gasteiger partial charge is 0.391 e. The first kappa shape index (κ1) is 14.5. The van der Waals surface area contributed by atoms with Gasteiger partial charge >= 0.3 is 0 Å². The zero-order valence-electron chi connectivity index (χ0n) is 11.2. The Kier molecular flexibility index (Phi) is 5.92. The molecule has 0 spiro atoms. The molecule has 1 fully saturated rings. The number of hydrogen-bond acceptors (Lipinski definition) is 3. The second-order valence-electron chi connectivity index (χ2n) is 5.13. The summed E-state index contributed by atoms with van der Waals surface area (Å²) in [5.74, 6) is 0.811. The fourth-order valence-corrected chi connectivity index (χ4v) is 2.50. The van der Waals surface area contributed by atoms with Gasteiger partial charge in [0.1, 0.15) is 0 Å². The van der Waals surface area contributed by atoms with Crippen molar-refractivity contribution in [2.45, 2.75) is 39.7 Å². The maximum absolute atomic E-state index is 11.9. The topological polar surface area (TPSA) is 61.4 Å². The molecule has 0 aromatic heterocycles. The monoisotopic (exact) mass is 242 g/mol. The Morgan fingerprint density at radius 3 is 2.53 bits per heavy atom. The normalized spacial score (nSPS) is 26.2. The molecule has 0 radical (unpaired) electrons. The van der Waals surface area contributed by atoms with Crippen LogP contribution in [0.3, 0.4) is 0 Å². The van der Waals surface area contributed by atoms with Crippen LogP contribution in [0.4, 0.5) is 0 Å². The first-order chi connectivity index (χ1) is 8.10. The van der Waals surface area contributed by atoms with Gasteiger partial charge in [0.05, 0.1) is 12.0 Å². The zero-order chi connectivity index (χ0) is 12.8. The first-order valence-electron chi connectivity index (χ1n) is 6.76. The second kappa shape index (κ2) is 6.97. The number of aliphatic hydroxyl groups is 1. The molecule has 0 aliphatic carbocycles. The molecule has 1 saturated heterocycles. The van der Waals surface area contributed by atoms with Crippen LogP contribution in [0, 0.1) is 17.8 Å². The second-order valence-corrected chi connectivity index (χ2v) is 5.13. The highest BCUT2D eigenvalue weighted by Gasteiger charge is 2.29. The summed E-state index contributed by atoms with van der Waals surface area (Å²) in [7, 11) is 0. The van der Waals surface area contributed by atoms with Crippen molar-refractivity contribution in [3.05, 3.63) is 0 Å². The first-order valence-corrected chi connectivity index (χ1v) is 6.76. The van der Waals surface area contributed by atoms with Crippen LogP contribution < -0.4 is 10.6 Å². The Morgan fingerprint density at radius 1 is 1.41 bits per heavy atom. The van der Waals surface area contributed by atoms with Crippen molar-refractivity contribution >= 4 is 5.91 Å². The van der Waals surface area contributed by atoms with Gasteiger partial charge in [-0.2, -0.15) is 0 Å². The Labute approximate surface area is 104 Å². The predicted octanol–water partition coefficient (Wildman–Crippen LogP) is 0.755. The molecular formula is C13H26N2O2. The van der Waals surface area contributed by atoms with Crippen LogP contribution in [0.25, 0.3) is 0 Å². The van der Waals surface area contributed by atoms with Crippen LogP contribution in [0.1, 0.15) is 33.6 Å². The van der Waals surface area contributed by atoms with Crippen LogP contribution in [0.2, 0.25) is 0 Å². The fraction of sp³-hybridized carbons (Fsp3) is 0.923. The standard InChI is InChI=1S/C13H26N2O2/c1-4-10(5-2)12(16)8-15-13(17)11-7-14-6-9(11)3/h9-12,14,16H,4-8H2,1-3H3,(H,15,17). The van der Waals surface area contributed by atoms with Gasteiger partial charge in [0, 0.05) is 13.1 Å². The summed E-state index contributed by atoms with van der Waals surface area (Å²) in [4.78, 5) is 11.9. The SMILES string of the molecule is CCC(CC)C(O)CNC(=O)C1CNCC1C. The van der Waals surface area contributed by atoms with E-state index in [0.29, 0.717) is 12.5 Å². The zero-order valence-corrected chi connectivity index (χ0v) is 11.2. The minimum Gasteiger partial charge on any atom is -0.391 e. The van der Waals surface area contributed by atoms with Gasteiger partial charge in [-0.1, -0.05) is 33.6 Å². The van der Waals surface area contributed by atoms with Crippen molar-refractivity contribution in [2.24, 2.45) is 17.8 Å². The van der Waals surface area contributed by atoms with E-state index in [2.05, 4.69) is 31.4 Å². The third-order valence-corrected chi connectivity index (χ3v) is 3.93.